The number of aromatic amines is 1. The Bertz CT molecular complexity index is 612. The van der Waals surface area contributed by atoms with Gasteiger partial charge >= 0.3 is 0 Å². The van der Waals surface area contributed by atoms with Crippen molar-refractivity contribution in [3.8, 4) is 11.4 Å². The molecule has 2 unspecified atom stereocenters. The van der Waals surface area contributed by atoms with E-state index in [2.05, 4.69) is 25.9 Å². The molecule has 0 bridgehead atoms. The van der Waals surface area contributed by atoms with Crippen LogP contribution >= 0.6 is 0 Å². The number of hydrogen-bond acceptors (Lipinski definition) is 5. The summed E-state index contributed by atoms with van der Waals surface area (Å²) in [4.78, 5) is 12.3. The number of aromatic nitrogens is 4. The van der Waals surface area contributed by atoms with Gasteiger partial charge in [-0.2, -0.15) is 5.21 Å². The summed E-state index contributed by atoms with van der Waals surface area (Å²) in [5.74, 6) is 0.389. The summed E-state index contributed by atoms with van der Waals surface area (Å²) in [6, 6.07) is 7.35. The fraction of sp³-hybridized carbons (Fsp3) is 0.429. The van der Waals surface area contributed by atoms with E-state index in [1.165, 1.54) is 0 Å². The van der Waals surface area contributed by atoms with E-state index in [1.54, 1.807) is 0 Å². The van der Waals surface area contributed by atoms with E-state index >= 15 is 0 Å². The molecular formula is C14H18N6O. The molecule has 1 saturated carbocycles. The quantitative estimate of drug-likeness (QED) is 0.788. The van der Waals surface area contributed by atoms with Crippen molar-refractivity contribution < 1.29 is 4.79 Å². The van der Waals surface area contributed by atoms with Crippen molar-refractivity contribution in [2.24, 2.45) is 11.7 Å². The Morgan fingerprint density at radius 2 is 2.19 bits per heavy atom. The fourth-order valence-corrected chi connectivity index (χ4v) is 2.74. The predicted octanol–water partition coefficient (Wildman–Crippen LogP) is 1.32. The highest BCUT2D eigenvalue weighted by Crippen LogP contribution is 2.25. The predicted molar refractivity (Wildman–Crippen MR) is 78.2 cm³/mol. The number of tetrazole rings is 1. The van der Waals surface area contributed by atoms with E-state index in [9.17, 15) is 4.79 Å². The van der Waals surface area contributed by atoms with Crippen molar-refractivity contribution in [3.05, 3.63) is 24.3 Å². The summed E-state index contributed by atoms with van der Waals surface area (Å²) in [6.45, 7) is 0. The van der Waals surface area contributed by atoms with Crippen molar-refractivity contribution in [1.29, 1.82) is 0 Å². The highest BCUT2D eigenvalue weighted by molar-refractivity contribution is 5.93. The van der Waals surface area contributed by atoms with Crippen molar-refractivity contribution in [2.75, 3.05) is 5.32 Å². The van der Waals surface area contributed by atoms with Gasteiger partial charge in [-0.15, -0.1) is 10.2 Å². The van der Waals surface area contributed by atoms with Gasteiger partial charge in [0.25, 0.3) is 0 Å². The summed E-state index contributed by atoms with van der Waals surface area (Å²) in [7, 11) is 0. The van der Waals surface area contributed by atoms with Crippen LogP contribution in [0.2, 0.25) is 0 Å². The second-order valence-corrected chi connectivity index (χ2v) is 5.36. The minimum atomic E-state index is -0.104. The van der Waals surface area contributed by atoms with Crippen molar-refractivity contribution >= 4 is 11.6 Å². The minimum Gasteiger partial charge on any atom is -0.327 e. The summed E-state index contributed by atoms with van der Waals surface area (Å²) in [5.41, 5.74) is 7.57. The van der Waals surface area contributed by atoms with Gasteiger partial charge in [0.2, 0.25) is 11.7 Å². The summed E-state index contributed by atoms with van der Waals surface area (Å²) >= 11 is 0. The minimum absolute atomic E-state index is 0.00698. The van der Waals surface area contributed by atoms with Crippen molar-refractivity contribution in [1.82, 2.24) is 20.6 Å². The van der Waals surface area contributed by atoms with E-state index in [0.717, 1.165) is 36.9 Å². The number of hydrogen-bond donors (Lipinski definition) is 3. The highest BCUT2D eigenvalue weighted by Gasteiger charge is 2.28. The SMILES string of the molecule is NC1CCCCC1C(=O)Nc1cccc(-c2nn[nH]n2)c1. The summed E-state index contributed by atoms with van der Waals surface area (Å²) in [6.07, 6.45) is 3.95. The lowest BCUT2D eigenvalue weighted by Crippen LogP contribution is -2.40. The summed E-state index contributed by atoms with van der Waals surface area (Å²) < 4.78 is 0. The van der Waals surface area contributed by atoms with Gasteiger partial charge in [-0.05, 0) is 30.2 Å². The van der Waals surface area contributed by atoms with Gasteiger partial charge in [0.1, 0.15) is 0 Å². The number of nitrogens with one attached hydrogen (secondary N) is 2. The van der Waals surface area contributed by atoms with Gasteiger partial charge in [-0.25, -0.2) is 0 Å². The first-order valence-electron chi connectivity index (χ1n) is 7.14. The first kappa shape index (κ1) is 13.7. The zero-order valence-electron chi connectivity index (χ0n) is 11.6. The van der Waals surface area contributed by atoms with Gasteiger partial charge in [-0.1, -0.05) is 25.0 Å². The van der Waals surface area contributed by atoms with Crippen LogP contribution in [0.15, 0.2) is 24.3 Å². The van der Waals surface area contributed by atoms with Gasteiger partial charge < -0.3 is 11.1 Å². The molecule has 21 heavy (non-hydrogen) atoms. The van der Waals surface area contributed by atoms with Gasteiger partial charge in [-0.3, -0.25) is 4.79 Å². The molecule has 2 atom stereocenters. The third-order valence-corrected chi connectivity index (χ3v) is 3.89. The number of carbonyl (C=O) groups is 1. The van der Waals surface area contributed by atoms with Gasteiger partial charge in [0.05, 0.1) is 5.92 Å². The molecule has 0 spiro atoms. The Labute approximate surface area is 122 Å². The molecule has 1 fully saturated rings. The molecule has 1 aliphatic rings. The maximum Gasteiger partial charge on any atom is 0.229 e. The lowest BCUT2D eigenvalue weighted by atomic mass is 9.84. The molecule has 1 amide bonds. The molecule has 1 aromatic heterocycles. The molecule has 7 heteroatoms. The third kappa shape index (κ3) is 3.08. The smallest absolute Gasteiger partial charge is 0.229 e. The average molecular weight is 286 g/mol. The molecule has 1 heterocycles. The second kappa shape index (κ2) is 6.01. The molecule has 110 valence electrons. The zero-order chi connectivity index (χ0) is 14.7. The maximum absolute atomic E-state index is 12.3. The Kier molecular flexibility index (Phi) is 3.92. The molecule has 0 saturated heterocycles. The Morgan fingerprint density at radius 1 is 1.33 bits per heavy atom. The Balaban J connectivity index is 1.73. The van der Waals surface area contributed by atoms with Crippen LogP contribution in [-0.4, -0.2) is 32.6 Å². The highest BCUT2D eigenvalue weighted by atomic mass is 16.1. The van der Waals surface area contributed by atoms with Crippen LogP contribution in [0.1, 0.15) is 25.7 Å². The first-order chi connectivity index (χ1) is 10.2. The summed E-state index contributed by atoms with van der Waals surface area (Å²) in [5, 5.41) is 16.7. The normalized spacial score (nSPS) is 22.0. The number of nitrogens with zero attached hydrogens (tertiary/aromatic N) is 3. The second-order valence-electron chi connectivity index (χ2n) is 5.36. The number of rotatable bonds is 3. The average Bonchev–Trinajstić information content (AvgIpc) is 3.02. The number of benzene rings is 1. The number of nitrogens with two attached hydrogens (primary N) is 1. The monoisotopic (exact) mass is 286 g/mol. The fourth-order valence-electron chi connectivity index (χ4n) is 2.74. The van der Waals surface area contributed by atoms with E-state index in [0.29, 0.717) is 5.82 Å². The molecular weight excluding hydrogens is 268 g/mol. The maximum atomic E-state index is 12.3. The van der Waals surface area contributed by atoms with Crippen LogP contribution in [0.5, 0.6) is 0 Å². The molecule has 7 nitrogen and oxygen atoms in total. The van der Waals surface area contributed by atoms with E-state index in [4.69, 9.17) is 5.73 Å². The molecule has 0 radical (unpaired) electrons. The third-order valence-electron chi connectivity index (χ3n) is 3.89. The van der Waals surface area contributed by atoms with Crippen LogP contribution in [0.4, 0.5) is 5.69 Å². The first-order valence-corrected chi connectivity index (χ1v) is 7.14. The van der Waals surface area contributed by atoms with E-state index in [1.807, 2.05) is 24.3 Å². The molecule has 4 N–H and O–H groups in total. The molecule has 1 aromatic carbocycles. The van der Waals surface area contributed by atoms with Crippen LogP contribution in [0, 0.1) is 5.92 Å². The molecule has 0 aliphatic heterocycles. The van der Waals surface area contributed by atoms with Gasteiger partial charge in [0.15, 0.2) is 0 Å². The Morgan fingerprint density at radius 3 is 2.95 bits per heavy atom. The lowest BCUT2D eigenvalue weighted by Gasteiger charge is -2.27. The molecule has 1 aliphatic carbocycles. The van der Waals surface area contributed by atoms with Gasteiger partial charge in [0, 0.05) is 17.3 Å². The van der Waals surface area contributed by atoms with Crippen LogP contribution < -0.4 is 11.1 Å². The van der Waals surface area contributed by atoms with Crippen LogP contribution in [-0.2, 0) is 4.79 Å². The Hall–Kier alpha value is -2.28. The number of anilines is 1. The molecule has 3 rings (SSSR count). The number of carbonyl (C=O) groups excluding carboxylic acids is 1. The van der Waals surface area contributed by atoms with Crippen molar-refractivity contribution in [3.63, 3.8) is 0 Å². The van der Waals surface area contributed by atoms with Crippen molar-refractivity contribution in [2.45, 2.75) is 31.7 Å². The largest absolute Gasteiger partial charge is 0.327 e. The number of H-pyrrole nitrogens is 1. The molecule has 2 aromatic rings. The number of amides is 1. The topological polar surface area (TPSA) is 110 Å². The zero-order valence-corrected chi connectivity index (χ0v) is 11.6. The van der Waals surface area contributed by atoms with Crippen LogP contribution in [0.3, 0.4) is 0 Å². The van der Waals surface area contributed by atoms with Crippen LogP contribution in [0.25, 0.3) is 11.4 Å². The van der Waals surface area contributed by atoms with E-state index in [-0.39, 0.29) is 17.9 Å². The standard InChI is InChI=1S/C14H18N6O/c15-12-7-2-1-6-11(12)14(21)16-10-5-3-4-9(8-10)13-17-19-20-18-13/h3-5,8,11-12H,1-2,6-7,15H2,(H,16,21)(H,17,18,19,20). The lowest BCUT2D eigenvalue weighted by molar-refractivity contribution is -0.121. The van der Waals surface area contributed by atoms with E-state index < -0.39 is 0 Å².